The molecule has 1 aliphatic heterocycles. The van der Waals surface area contributed by atoms with E-state index in [-0.39, 0.29) is 11.5 Å². The Morgan fingerprint density at radius 3 is 2.63 bits per heavy atom. The average molecular weight is 452 g/mol. The lowest BCUT2D eigenvalue weighted by atomic mass is 10.2. The minimum absolute atomic E-state index is 0.156. The third-order valence-electron chi connectivity index (χ3n) is 4.40. The summed E-state index contributed by atoms with van der Waals surface area (Å²) in [6.07, 6.45) is 1.46. The minimum Gasteiger partial charge on any atom is -0.386 e. The second-order valence-corrected chi connectivity index (χ2v) is 8.95. The molecule has 10 heteroatoms. The Hall–Kier alpha value is -2.46. The SMILES string of the molecule is Cc1ccc(NC(=O)CO/N=C/c2ccc(Cl)cc2)cc1S(=O)(=O)N1CCOCC1. The van der Waals surface area contributed by atoms with E-state index in [4.69, 9.17) is 21.2 Å². The number of carbonyl (C=O) groups is 1. The average Bonchev–Trinajstić information content (AvgIpc) is 2.74. The van der Waals surface area contributed by atoms with Crippen LogP contribution in [0.5, 0.6) is 0 Å². The molecule has 0 bridgehead atoms. The summed E-state index contributed by atoms with van der Waals surface area (Å²) in [5.41, 5.74) is 1.74. The largest absolute Gasteiger partial charge is 0.386 e. The quantitative estimate of drug-likeness (QED) is 0.515. The zero-order valence-electron chi connectivity index (χ0n) is 16.4. The van der Waals surface area contributed by atoms with Gasteiger partial charge in [-0.1, -0.05) is 35.0 Å². The zero-order chi connectivity index (χ0) is 21.6. The Balaban J connectivity index is 1.60. The van der Waals surface area contributed by atoms with Gasteiger partial charge in [0.05, 0.1) is 24.3 Å². The van der Waals surface area contributed by atoms with Crippen molar-refractivity contribution in [3.05, 3.63) is 58.6 Å². The molecule has 0 aliphatic carbocycles. The minimum atomic E-state index is -3.67. The molecular formula is C20H22ClN3O5S. The van der Waals surface area contributed by atoms with Crippen molar-refractivity contribution in [1.29, 1.82) is 0 Å². The van der Waals surface area contributed by atoms with Gasteiger partial charge in [-0.2, -0.15) is 4.31 Å². The summed E-state index contributed by atoms with van der Waals surface area (Å²) < 4.78 is 32.4. The van der Waals surface area contributed by atoms with Crippen molar-refractivity contribution in [3.8, 4) is 0 Å². The van der Waals surface area contributed by atoms with E-state index in [0.29, 0.717) is 42.6 Å². The summed E-state index contributed by atoms with van der Waals surface area (Å²) in [6.45, 7) is 2.73. The van der Waals surface area contributed by atoms with Gasteiger partial charge in [-0.05, 0) is 42.3 Å². The predicted octanol–water partition coefficient (Wildman–Crippen LogP) is 2.66. The lowest BCUT2D eigenvalue weighted by molar-refractivity contribution is -0.120. The van der Waals surface area contributed by atoms with Gasteiger partial charge in [-0.3, -0.25) is 4.79 Å². The normalized spacial score (nSPS) is 15.3. The number of benzene rings is 2. The number of rotatable bonds is 7. The first kappa shape index (κ1) is 22.2. The van der Waals surface area contributed by atoms with Gasteiger partial charge in [0.1, 0.15) is 0 Å². The molecule has 160 valence electrons. The molecule has 0 spiro atoms. The molecule has 1 aliphatic rings. The van der Waals surface area contributed by atoms with Crippen molar-refractivity contribution in [1.82, 2.24) is 4.31 Å². The van der Waals surface area contributed by atoms with E-state index in [1.807, 2.05) is 0 Å². The van der Waals surface area contributed by atoms with E-state index >= 15 is 0 Å². The van der Waals surface area contributed by atoms with E-state index in [1.54, 1.807) is 43.3 Å². The number of halogens is 1. The number of hydrogen-bond donors (Lipinski definition) is 1. The third kappa shape index (κ3) is 5.79. The molecule has 0 unspecified atom stereocenters. The molecule has 30 heavy (non-hydrogen) atoms. The van der Waals surface area contributed by atoms with Crippen LogP contribution in [0.25, 0.3) is 0 Å². The second-order valence-electron chi connectivity index (χ2n) is 6.60. The molecule has 8 nitrogen and oxygen atoms in total. The number of ether oxygens (including phenoxy) is 1. The highest BCUT2D eigenvalue weighted by Gasteiger charge is 2.28. The Bertz CT molecular complexity index is 1020. The van der Waals surface area contributed by atoms with Crippen molar-refractivity contribution in [2.75, 3.05) is 38.2 Å². The van der Waals surface area contributed by atoms with Crippen LogP contribution in [0.3, 0.4) is 0 Å². The topological polar surface area (TPSA) is 97.3 Å². The van der Waals surface area contributed by atoms with Crippen LogP contribution < -0.4 is 5.32 Å². The number of aryl methyl sites for hydroxylation is 1. The fourth-order valence-corrected chi connectivity index (χ4v) is 4.61. The van der Waals surface area contributed by atoms with Crippen molar-refractivity contribution in [2.45, 2.75) is 11.8 Å². The molecule has 0 radical (unpaired) electrons. The predicted molar refractivity (Wildman–Crippen MR) is 114 cm³/mol. The number of nitrogens with one attached hydrogen (secondary N) is 1. The summed E-state index contributed by atoms with van der Waals surface area (Å²) in [7, 11) is -3.67. The maximum absolute atomic E-state index is 12.9. The van der Waals surface area contributed by atoms with Crippen LogP contribution in [0.1, 0.15) is 11.1 Å². The number of amides is 1. The zero-order valence-corrected chi connectivity index (χ0v) is 17.9. The van der Waals surface area contributed by atoms with Crippen LogP contribution in [0, 0.1) is 6.92 Å². The molecule has 2 aromatic carbocycles. The van der Waals surface area contributed by atoms with Gasteiger partial charge in [0, 0.05) is 23.8 Å². The van der Waals surface area contributed by atoms with Crippen LogP contribution >= 0.6 is 11.6 Å². The lowest BCUT2D eigenvalue weighted by Crippen LogP contribution is -2.40. The number of nitrogens with zero attached hydrogens (tertiary/aromatic N) is 2. The molecule has 3 rings (SSSR count). The van der Waals surface area contributed by atoms with Gasteiger partial charge in [-0.15, -0.1) is 0 Å². The van der Waals surface area contributed by atoms with E-state index < -0.39 is 15.9 Å². The summed E-state index contributed by atoms with van der Waals surface area (Å²) in [5, 5.41) is 6.98. The van der Waals surface area contributed by atoms with Crippen LogP contribution in [-0.4, -0.2) is 57.8 Å². The highest BCUT2D eigenvalue weighted by molar-refractivity contribution is 7.89. The van der Waals surface area contributed by atoms with Crippen molar-refractivity contribution in [2.24, 2.45) is 5.16 Å². The molecule has 0 saturated carbocycles. The first-order valence-corrected chi connectivity index (χ1v) is 11.1. The number of sulfonamides is 1. The fourth-order valence-electron chi connectivity index (χ4n) is 2.82. The smallest absolute Gasteiger partial charge is 0.265 e. The van der Waals surface area contributed by atoms with Crippen LogP contribution in [0.4, 0.5) is 5.69 Å². The highest BCUT2D eigenvalue weighted by Crippen LogP contribution is 2.24. The molecule has 1 N–H and O–H groups in total. The van der Waals surface area contributed by atoms with Gasteiger partial charge < -0.3 is 14.9 Å². The molecule has 0 atom stereocenters. The van der Waals surface area contributed by atoms with Gasteiger partial charge in [-0.25, -0.2) is 8.42 Å². The molecule has 1 heterocycles. The lowest BCUT2D eigenvalue weighted by Gasteiger charge is -2.26. The maximum Gasteiger partial charge on any atom is 0.265 e. The summed E-state index contributed by atoms with van der Waals surface area (Å²) >= 11 is 5.81. The number of morpholine rings is 1. The molecule has 2 aromatic rings. The van der Waals surface area contributed by atoms with Crippen LogP contribution in [-0.2, 0) is 24.4 Å². The molecule has 1 amide bonds. The molecule has 1 saturated heterocycles. The number of oxime groups is 1. The molecular weight excluding hydrogens is 430 g/mol. The standard InChI is InChI=1S/C20H22ClN3O5S/c1-15-2-7-18(12-19(15)30(26,27)24-8-10-28-11-9-24)23-20(25)14-29-22-13-16-3-5-17(21)6-4-16/h2-7,12-13H,8-11,14H2,1H3,(H,23,25)/b22-13+. The van der Waals surface area contributed by atoms with Gasteiger partial charge >= 0.3 is 0 Å². The van der Waals surface area contributed by atoms with E-state index in [9.17, 15) is 13.2 Å². The molecule has 0 aromatic heterocycles. The Morgan fingerprint density at radius 2 is 1.93 bits per heavy atom. The van der Waals surface area contributed by atoms with Crippen LogP contribution in [0.15, 0.2) is 52.5 Å². The third-order valence-corrected chi connectivity index (χ3v) is 6.69. The highest BCUT2D eigenvalue weighted by atomic mass is 35.5. The summed E-state index contributed by atoms with van der Waals surface area (Å²) in [6, 6.07) is 11.7. The monoisotopic (exact) mass is 451 g/mol. The first-order chi connectivity index (χ1) is 14.4. The first-order valence-electron chi connectivity index (χ1n) is 9.25. The number of anilines is 1. The van der Waals surface area contributed by atoms with Gasteiger partial charge in [0.25, 0.3) is 5.91 Å². The fraction of sp³-hybridized carbons (Fsp3) is 0.300. The van der Waals surface area contributed by atoms with E-state index in [0.717, 1.165) is 5.56 Å². The van der Waals surface area contributed by atoms with Gasteiger partial charge in [0.15, 0.2) is 6.61 Å². The summed E-state index contributed by atoms with van der Waals surface area (Å²) in [5.74, 6) is -0.457. The Kier molecular flexibility index (Phi) is 7.43. The maximum atomic E-state index is 12.9. The van der Waals surface area contributed by atoms with E-state index in [2.05, 4.69) is 10.5 Å². The second kappa shape index (κ2) is 10.0. The van der Waals surface area contributed by atoms with Crippen molar-refractivity contribution < 1.29 is 22.8 Å². The Morgan fingerprint density at radius 1 is 1.23 bits per heavy atom. The number of hydrogen-bond acceptors (Lipinski definition) is 6. The summed E-state index contributed by atoms with van der Waals surface area (Å²) in [4.78, 5) is 17.3. The van der Waals surface area contributed by atoms with Gasteiger partial charge in [0.2, 0.25) is 10.0 Å². The molecule has 1 fully saturated rings. The van der Waals surface area contributed by atoms with Crippen molar-refractivity contribution in [3.63, 3.8) is 0 Å². The Labute approximate surface area is 180 Å². The van der Waals surface area contributed by atoms with Crippen LogP contribution in [0.2, 0.25) is 5.02 Å². The number of carbonyl (C=O) groups excluding carboxylic acids is 1. The van der Waals surface area contributed by atoms with E-state index in [1.165, 1.54) is 16.6 Å². The van der Waals surface area contributed by atoms with Crippen molar-refractivity contribution >= 4 is 39.4 Å².